The Morgan fingerprint density at radius 2 is 1.83 bits per heavy atom. The van der Waals surface area contributed by atoms with Crippen molar-refractivity contribution in [1.82, 2.24) is 4.90 Å². The lowest BCUT2D eigenvalue weighted by molar-refractivity contribution is -0.133. The van der Waals surface area contributed by atoms with Crippen molar-refractivity contribution in [3.05, 3.63) is 71.3 Å². The first-order chi connectivity index (χ1) is 11.6. The van der Waals surface area contributed by atoms with Crippen LogP contribution in [0.3, 0.4) is 0 Å². The third-order valence-electron chi connectivity index (χ3n) is 5.08. The quantitative estimate of drug-likeness (QED) is 0.929. The fourth-order valence-electron chi connectivity index (χ4n) is 3.72. The van der Waals surface area contributed by atoms with Crippen LogP contribution in [0, 0.1) is 6.92 Å². The van der Waals surface area contributed by atoms with Crippen LogP contribution in [0.2, 0.25) is 0 Å². The zero-order valence-corrected chi connectivity index (χ0v) is 14.4. The molecule has 1 amide bonds. The second-order valence-corrected chi connectivity index (χ2v) is 6.81. The number of carbonyl (C=O) groups is 1. The van der Waals surface area contributed by atoms with Crippen LogP contribution in [0.5, 0.6) is 0 Å². The highest BCUT2D eigenvalue weighted by Crippen LogP contribution is 2.34. The summed E-state index contributed by atoms with van der Waals surface area (Å²) in [7, 11) is 0. The summed E-state index contributed by atoms with van der Waals surface area (Å²) in [6, 6.07) is 18.0. The minimum atomic E-state index is -0.733. The average molecular weight is 323 g/mol. The highest BCUT2D eigenvalue weighted by Gasteiger charge is 2.34. The van der Waals surface area contributed by atoms with Crippen LogP contribution in [0.1, 0.15) is 48.5 Å². The molecule has 0 spiro atoms. The van der Waals surface area contributed by atoms with Crippen molar-refractivity contribution in [2.24, 2.45) is 0 Å². The van der Waals surface area contributed by atoms with Gasteiger partial charge in [-0.1, -0.05) is 54.6 Å². The van der Waals surface area contributed by atoms with Crippen LogP contribution >= 0.6 is 0 Å². The van der Waals surface area contributed by atoms with E-state index in [0.29, 0.717) is 5.92 Å². The van der Waals surface area contributed by atoms with Crippen molar-refractivity contribution >= 4 is 5.91 Å². The minimum absolute atomic E-state index is 0.0370. The summed E-state index contributed by atoms with van der Waals surface area (Å²) in [5, 5.41) is 10.3. The zero-order valence-electron chi connectivity index (χ0n) is 14.4. The molecular formula is C21H25NO2. The first kappa shape index (κ1) is 16.7. The van der Waals surface area contributed by atoms with Gasteiger partial charge in [-0.15, -0.1) is 0 Å². The van der Waals surface area contributed by atoms with Gasteiger partial charge in [-0.2, -0.15) is 0 Å². The highest BCUT2D eigenvalue weighted by atomic mass is 16.3. The number of aryl methyl sites for hydroxylation is 1. The van der Waals surface area contributed by atoms with Crippen LogP contribution < -0.4 is 0 Å². The van der Waals surface area contributed by atoms with Gasteiger partial charge in [-0.25, -0.2) is 0 Å². The molecule has 1 saturated heterocycles. The third kappa shape index (κ3) is 3.51. The number of hydrogen-bond donors (Lipinski definition) is 1. The molecule has 24 heavy (non-hydrogen) atoms. The standard InChI is InChI=1S/C21H25NO2/c1-15-8-6-7-11-19(15)18-12-16(2)22(14-18)21(24)13-20(23)17-9-4-3-5-10-17/h3-11,16,18,20,23H,12-14H2,1-2H3. The lowest BCUT2D eigenvalue weighted by Crippen LogP contribution is -2.34. The summed E-state index contributed by atoms with van der Waals surface area (Å²) >= 11 is 0. The zero-order chi connectivity index (χ0) is 17.1. The number of amides is 1. The molecule has 3 nitrogen and oxygen atoms in total. The summed E-state index contributed by atoms with van der Waals surface area (Å²) in [6.45, 7) is 4.97. The smallest absolute Gasteiger partial charge is 0.225 e. The van der Waals surface area contributed by atoms with Crippen molar-refractivity contribution in [2.75, 3.05) is 6.54 Å². The molecule has 2 aromatic rings. The normalized spacial score (nSPS) is 21.7. The summed E-state index contributed by atoms with van der Waals surface area (Å²) in [5.41, 5.74) is 3.42. The summed E-state index contributed by atoms with van der Waals surface area (Å²) in [4.78, 5) is 14.6. The van der Waals surface area contributed by atoms with Crippen LogP contribution in [-0.4, -0.2) is 28.5 Å². The second-order valence-electron chi connectivity index (χ2n) is 6.81. The number of aliphatic hydroxyl groups excluding tert-OH is 1. The van der Waals surface area contributed by atoms with E-state index in [1.54, 1.807) is 0 Å². The Balaban J connectivity index is 1.67. The maximum Gasteiger partial charge on any atom is 0.225 e. The van der Waals surface area contributed by atoms with E-state index in [9.17, 15) is 9.90 Å². The molecule has 0 aliphatic carbocycles. The number of rotatable bonds is 4. The van der Waals surface area contributed by atoms with Gasteiger partial charge < -0.3 is 10.0 Å². The fourth-order valence-corrected chi connectivity index (χ4v) is 3.72. The Morgan fingerprint density at radius 3 is 2.54 bits per heavy atom. The molecule has 1 N–H and O–H groups in total. The third-order valence-corrected chi connectivity index (χ3v) is 5.08. The molecule has 1 aliphatic rings. The van der Waals surface area contributed by atoms with E-state index >= 15 is 0 Å². The number of aliphatic hydroxyl groups is 1. The van der Waals surface area contributed by atoms with Gasteiger partial charge in [0.05, 0.1) is 12.5 Å². The minimum Gasteiger partial charge on any atom is -0.388 e. The Morgan fingerprint density at radius 1 is 1.17 bits per heavy atom. The van der Waals surface area contributed by atoms with E-state index in [1.807, 2.05) is 35.2 Å². The van der Waals surface area contributed by atoms with Crippen molar-refractivity contribution in [3.63, 3.8) is 0 Å². The maximum absolute atomic E-state index is 12.7. The number of benzene rings is 2. The maximum atomic E-state index is 12.7. The Bertz CT molecular complexity index is 698. The van der Waals surface area contributed by atoms with Gasteiger partial charge in [0.1, 0.15) is 0 Å². The van der Waals surface area contributed by atoms with Crippen molar-refractivity contribution < 1.29 is 9.90 Å². The summed E-state index contributed by atoms with van der Waals surface area (Å²) in [6.07, 6.45) is 0.399. The van der Waals surface area contributed by atoms with Gasteiger partial charge >= 0.3 is 0 Å². The van der Waals surface area contributed by atoms with Gasteiger partial charge in [0.25, 0.3) is 0 Å². The van der Waals surface area contributed by atoms with Gasteiger partial charge in [0.2, 0.25) is 5.91 Å². The van der Waals surface area contributed by atoms with Crippen molar-refractivity contribution in [2.45, 2.75) is 44.8 Å². The summed E-state index contributed by atoms with van der Waals surface area (Å²) in [5.74, 6) is 0.425. The second kappa shape index (κ2) is 7.18. The Kier molecular flexibility index (Phi) is 5.00. The van der Waals surface area contributed by atoms with E-state index in [-0.39, 0.29) is 18.4 Å². The molecule has 1 fully saturated rings. The molecular weight excluding hydrogens is 298 g/mol. The van der Waals surface area contributed by atoms with E-state index in [4.69, 9.17) is 0 Å². The predicted octanol–water partition coefficient (Wildman–Crippen LogP) is 3.82. The molecule has 3 atom stereocenters. The molecule has 1 aliphatic heterocycles. The molecule has 2 aromatic carbocycles. The number of nitrogens with zero attached hydrogens (tertiary/aromatic N) is 1. The molecule has 0 saturated carbocycles. The van der Waals surface area contributed by atoms with Crippen LogP contribution in [0.15, 0.2) is 54.6 Å². The fraction of sp³-hybridized carbons (Fsp3) is 0.381. The lowest BCUT2D eigenvalue weighted by Gasteiger charge is -2.23. The number of hydrogen-bond acceptors (Lipinski definition) is 2. The number of carbonyl (C=O) groups excluding carboxylic acids is 1. The van der Waals surface area contributed by atoms with E-state index in [2.05, 4.69) is 38.1 Å². The SMILES string of the molecule is Cc1ccccc1C1CC(C)N(C(=O)CC(O)c2ccccc2)C1. The topological polar surface area (TPSA) is 40.5 Å². The molecule has 0 aromatic heterocycles. The van der Waals surface area contributed by atoms with Gasteiger partial charge in [-0.05, 0) is 37.0 Å². The van der Waals surface area contributed by atoms with Gasteiger partial charge in [0, 0.05) is 18.5 Å². The van der Waals surface area contributed by atoms with E-state index in [0.717, 1.165) is 18.5 Å². The predicted molar refractivity (Wildman–Crippen MR) is 95.7 cm³/mol. The first-order valence-corrected chi connectivity index (χ1v) is 8.64. The Labute approximate surface area is 143 Å². The summed E-state index contributed by atoms with van der Waals surface area (Å²) < 4.78 is 0. The van der Waals surface area contributed by atoms with Crippen molar-refractivity contribution in [3.8, 4) is 0 Å². The molecule has 126 valence electrons. The highest BCUT2D eigenvalue weighted by molar-refractivity contribution is 5.77. The van der Waals surface area contributed by atoms with Crippen LogP contribution in [-0.2, 0) is 4.79 Å². The molecule has 3 unspecified atom stereocenters. The van der Waals surface area contributed by atoms with Gasteiger partial charge in [0.15, 0.2) is 0 Å². The average Bonchev–Trinajstić information content (AvgIpc) is 2.97. The lowest BCUT2D eigenvalue weighted by atomic mass is 9.93. The largest absolute Gasteiger partial charge is 0.388 e. The number of likely N-dealkylation sites (tertiary alicyclic amines) is 1. The van der Waals surface area contributed by atoms with Crippen LogP contribution in [0.25, 0.3) is 0 Å². The molecule has 0 radical (unpaired) electrons. The first-order valence-electron chi connectivity index (χ1n) is 8.64. The molecule has 1 heterocycles. The molecule has 0 bridgehead atoms. The Hall–Kier alpha value is -2.13. The van der Waals surface area contributed by atoms with E-state index in [1.165, 1.54) is 11.1 Å². The van der Waals surface area contributed by atoms with Crippen LogP contribution in [0.4, 0.5) is 0 Å². The molecule has 3 heteroatoms. The van der Waals surface area contributed by atoms with Gasteiger partial charge in [-0.3, -0.25) is 4.79 Å². The van der Waals surface area contributed by atoms with Crippen molar-refractivity contribution in [1.29, 1.82) is 0 Å². The van der Waals surface area contributed by atoms with E-state index < -0.39 is 6.10 Å². The monoisotopic (exact) mass is 323 g/mol. The molecule has 3 rings (SSSR count).